The minimum Gasteiger partial charge on any atom is -0.493 e. The Morgan fingerprint density at radius 3 is 2.56 bits per heavy atom. The van der Waals surface area contributed by atoms with E-state index in [1.165, 1.54) is 0 Å². The Hall–Kier alpha value is -1.26. The summed E-state index contributed by atoms with van der Waals surface area (Å²) in [6.45, 7) is 2.26. The molecule has 0 saturated carbocycles. The smallest absolute Gasteiger partial charge is 0.165 e. The number of benzene rings is 1. The number of ether oxygens (including phenoxy) is 3. The van der Waals surface area contributed by atoms with Gasteiger partial charge in [-0.25, -0.2) is 0 Å². The van der Waals surface area contributed by atoms with E-state index in [-0.39, 0.29) is 0 Å². The molecule has 0 unspecified atom stereocenters. The highest BCUT2D eigenvalue weighted by atomic mass is 16.5. The summed E-state index contributed by atoms with van der Waals surface area (Å²) in [5, 5.41) is 3.27. The maximum absolute atomic E-state index is 5.33. The lowest BCUT2D eigenvalue weighted by Gasteiger charge is -2.12. The van der Waals surface area contributed by atoms with Crippen molar-refractivity contribution in [3.63, 3.8) is 0 Å². The molecule has 0 amide bonds. The molecule has 0 aliphatic heterocycles. The van der Waals surface area contributed by atoms with Gasteiger partial charge >= 0.3 is 0 Å². The molecular formula is C12H19NO3. The molecule has 0 heterocycles. The molecule has 4 nitrogen and oxygen atoms in total. The van der Waals surface area contributed by atoms with E-state index in [0.717, 1.165) is 30.2 Å². The number of nitrogens with one attached hydrogen (secondary N) is 1. The van der Waals surface area contributed by atoms with Crippen molar-refractivity contribution in [1.82, 2.24) is 5.32 Å². The van der Waals surface area contributed by atoms with E-state index in [1.807, 2.05) is 18.2 Å². The Bertz CT molecular complexity index is 315. The van der Waals surface area contributed by atoms with E-state index < -0.39 is 0 Å². The maximum atomic E-state index is 5.33. The molecule has 0 radical (unpaired) electrons. The summed E-state index contributed by atoms with van der Waals surface area (Å²) < 4.78 is 15.5. The normalized spacial score (nSPS) is 10.2. The van der Waals surface area contributed by atoms with Crippen LogP contribution in [0.25, 0.3) is 0 Å². The lowest BCUT2D eigenvalue weighted by atomic mass is 10.2. The summed E-state index contributed by atoms with van der Waals surface area (Å²) in [6, 6.07) is 5.85. The first kappa shape index (κ1) is 12.8. The van der Waals surface area contributed by atoms with Gasteiger partial charge in [-0.05, 0) is 6.07 Å². The van der Waals surface area contributed by atoms with Crippen molar-refractivity contribution in [3.8, 4) is 11.5 Å². The SMILES string of the molecule is COCCNCc1cccc(OC)c1OC. The Morgan fingerprint density at radius 1 is 1.12 bits per heavy atom. The number of para-hydroxylation sites is 1. The van der Waals surface area contributed by atoms with Crippen LogP contribution < -0.4 is 14.8 Å². The highest BCUT2D eigenvalue weighted by molar-refractivity contribution is 5.46. The highest BCUT2D eigenvalue weighted by Gasteiger charge is 2.08. The topological polar surface area (TPSA) is 39.7 Å². The quantitative estimate of drug-likeness (QED) is 0.713. The summed E-state index contributed by atoms with van der Waals surface area (Å²) in [4.78, 5) is 0. The first-order valence-corrected chi connectivity index (χ1v) is 5.23. The average molecular weight is 225 g/mol. The van der Waals surface area contributed by atoms with Gasteiger partial charge in [0.1, 0.15) is 0 Å². The zero-order valence-electron chi connectivity index (χ0n) is 10.1. The van der Waals surface area contributed by atoms with Gasteiger partial charge in [0.25, 0.3) is 0 Å². The molecule has 1 rings (SSSR count). The second-order valence-electron chi connectivity index (χ2n) is 3.32. The Labute approximate surface area is 96.5 Å². The molecule has 0 atom stereocenters. The fourth-order valence-electron chi connectivity index (χ4n) is 1.49. The van der Waals surface area contributed by atoms with E-state index >= 15 is 0 Å². The van der Waals surface area contributed by atoms with Crippen LogP contribution in [-0.2, 0) is 11.3 Å². The van der Waals surface area contributed by atoms with Crippen LogP contribution in [-0.4, -0.2) is 34.5 Å². The molecule has 90 valence electrons. The summed E-state index contributed by atoms with van der Waals surface area (Å²) in [5.74, 6) is 1.54. The average Bonchev–Trinajstić information content (AvgIpc) is 2.34. The van der Waals surface area contributed by atoms with Crippen molar-refractivity contribution < 1.29 is 14.2 Å². The largest absolute Gasteiger partial charge is 0.493 e. The predicted molar refractivity (Wildman–Crippen MR) is 63.1 cm³/mol. The number of hydrogen-bond acceptors (Lipinski definition) is 4. The van der Waals surface area contributed by atoms with E-state index in [4.69, 9.17) is 14.2 Å². The Morgan fingerprint density at radius 2 is 1.94 bits per heavy atom. The highest BCUT2D eigenvalue weighted by Crippen LogP contribution is 2.30. The molecule has 0 bridgehead atoms. The van der Waals surface area contributed by atoms with Crippen LogP contribution >= 0.6 is 0 Å². The molecule has 0 aliphatic carbocycles. The third-order valence-electron chi connectivity index (χ3n) is 2.28. The van der Waals surface area contributed by atoms with Crippen LogP contribution in [0.5, 0.6) is 11.5 Å². The molecular weight excluding hydrogens is 206 g/mol. The van der Waals surface area contributed by atoms with E-state index in [9.17, 15) is 0 Å². The lowest BCUT2D eigenvalue weighted by Crippen LogP contribution is -2.19. The van der Waals surface area contributed by atoms with E-state index in [2.05, 4.69) is 5.32 Å². The van der Waals surface area contributed by atoms with Crippen molar-refractivity contribution in [1.29, 1.82) is 0 Å². The molecule has 0 spiro atoms. The zero-order chi connectivity index (χ0) is 11.8. The summed E-state index contributed by atoms with van der Waals surface area (Å²) in [7, 11) is 4.98. The van der Waals surface area contributed by atoms with Crippen LogP contribution in [0, 0.1) is 0 Å². The Balaban J connectivity index is 2.63. The van der Waals surface area contributed by atoms with Crippen molar-refractivity contribution in [2.75, 3.05) is 34.5 Å². The fraction of sp³-hybridized carbons (Fsp3) is 0.500. The van der Waals surface area contributed by atoms with Crippen LogP contribution in [0.15, 0.2) is 18.2 Å². The van der Waals surface area contributed by atoms with Crippen molar-refractivity contribution >= 4 is 0 Å². The monoisotopic (exact) mass is 225 g/mol. The van der Waals surface area contributed by atoms with Gasteiger partial charge in [0.15, 0.2) is 11.5 Å². The molecule has 0 fully saturated rings. The summed E-state index contributed by atoms with van der Waals surface area (Å²) in [6.07, 6.45) is 0. The first-order chi connectivity index (χ1) is 7.83. The van der Waals surface area contributed by atoms with Gasteiger partial charge in [-0.15, -0.1) is 0 Å². The number of hydrogen-bond donors (Lipinski definition) is 1. The Kier molecular flexibility index (Phi) is 5.67. The molecule has 16 heavy (non-hydrogen) atoms. The van der Waals surface area contributed by atoms with E-state index in [0.29, 0.717) is 6.61 Å². The second-order valence-corrected chi connectivity index (χ2v) is 3.32. The van der Waals surface area contributed by atoms with Crippen LogP contribution in [0.1, 0.15) is 5.56 Å². The van der Waals surface area contributed by atoms with Crippen molar-refractivity contribution in [3.05, 3.63) is 23.8 Å². The standard InChI is InChI=1S/C12H19NO3/c1-14-8-7-13-9-10-5-4-6-11(15-2)12(10)16-3/h4-6,13H,7-9H2,1-3H3. The van der Waals surface area contributed by atoms with Gasteiger partial charge in [-0.2, -0.15) is 0 Å². The molecule has 0 aromatic heterocycles. The maximum Gasteiger partial charge on any atom is 0.165 e. The summed E-state index contributed by atoms with van der Waals surface area (Å²) >= 11 is 0. The van der Waals surface area contributed by atoms with Gasteiger partial charge < -0.3 is 19.5 Å². The molecule has 0 saturated heterocycles. The van der Waals surface area contributed by atoms with Gasteiger partial charge in [0.05, 0.1) is 20.8 Å². The van der Waals surface area contributed by atoms with Crippen molar-refractivity contribution in [2.24, 2.45) is 0 Å². The van der Waals surface area contributed by atoms with Crippen LogP contribution in [0.4, 0.5) is 0 Å². The molecule has 4 heteroatoms. The molecule has 0 aliphatic rings. The van der Waals surface area contributed by atoms with Crippen LogP contribution in [0.2, 0.25) is 0 Å². The zero-order valence-corrected chi connectivity index (χ0v) is 10.1. The fourth-order valence-corrected chi connectivity index (χ4v) is 1.49. The van der Waals surface area contributed by atoms with Gasteiger partial charge in [-0.1, -0.05) is 12.1 Å². The predicted octanol–water partition coefficient (Wildman–Crippen LogP) is 1.44. The first-order valence-electron chi connectivity index (χ1n) is 5.23. The number of methoxy groups -OCH3 is 3. The third-order valence-corrected chi connectivity index (χ3v) is 2.28. The minimum atomic E-state index is 0.701. The third kappa shape index (κ3) is 3.40. The van der Waals surface area contributed by atoms with Gasteiger partial charge in [0, 0.05) is 25.8 Å². The minimum absolute atomic E-state index is 0.701. The van der Waals surface area contributed by atoms with Gasteiger partial charge in [0.2, 0.25) is 0 Å². The molecule has 1 N–H and O–H groups in total. The van der Waals surface area contributed by atoms with Crippen molar-refractivity contribution in [2.45, 2.75) is 6.54 Å². The number of rotatable bonds is 7. The van der Waals surface area contributed by atoms with E-state index in [1.54, 1.807) is 21.3 Å². The lowest BCUT2D eigenvalue weighted by molar-refractivity contribution is 0.199. The van der Waals surface area contributed by atoms with Gasteiger partial charge in [-0.3, -0.25) is 0 Å². The molecule has 1 aromatic rings. The second kappa shape index (κ2) is 7.09. The summed E-state index contributed by atoms with van der Waals surface area (Å²) in [5.41, 5.74) is 1.08. The molecule has 1 aromatic carbocycles. The van der Waals surface area contributed by atoms with Crippen LogP contribution in [0.3, 0.4) is 0 Å².